The minimum absolute atomic E-state index is 0.724. The fourth-order valence-corrected chi connectivity index (χ4v) is 3.15. The molecular weight excluding hydrogens is 210 g/mol. The third-order valence-electron chi connectivity index (χ3n) is 4.29. The molecule has 2 fully saturated rings. The number of piperidine rings is 1. The van der Waals surface area contributed by atoms with Gasteiger partial charge < -0.3 is 15.1 Å². The van der Waals surface area contributed by atoms with E-state index in [9.17, 15) is 0 Å². The number of hydrogen-bond donors (Lipinski definition) is 1. The van der Waals surface area contributed by atoms with Crippen molar-refractivity contribution in [3.8, 4) is 0 Å². The monoisotopic (exact) mass is 239 g/mol. The highest BCUT2D eigenvalue weighted by molar-refractivity contribution is 4.79. The summed E-state index contributed by atoms with van der Waals surface area (Å²) in [6.07, 6.45) is 5.53. The van der Waals surface area contributed by atoms with Crippen molar-refractivity contribution in [2.24, 2.45) is 5.92 Å². The van der Waals surface area contributed by atoms with Crippen molar-refractivity contribution in [1.29, 1.82) is 0 Å². The van der Waals surface area contributed by atoms with Crippen molar-refractivity contribution < 1.29 is 0 Å². The Kier molecular flexibility index (Phi) is 5.26. The maximum atomic E-state index is 3.65. The van der Waals surface area contributed by atoms with Crippen molar-refractivity contribution in [3.63, 3.8) is 0 Å². The Labute approximate surface area is 107 Å². The van der Waals surface area contributed by atoms with Crippen molar-refractivity contribution in [3.05, 3.63) is 0 Å². The Morgan fingerprint density at radius 2 is 2.06 bits per heavy atom. The normalized spacial score (nSPS) is 31.2. The maximum absolute atomic E-state index is 3.65. The SMILES string of the molecule is CC1CCNC(CN(C)CCN2CCCC2)C1. The summed E-state index contributed by atoms with van der Waals surface area (Å²) in [5.41, 5.74) is 0. The van der Waals surface area contributed by atoms with Gasteiger partial charge in [0.2, 0.25) is 0 Å². The zero-order chi connectivity index (χ0) is 12.1. The molecule has 2 saturated heterocycles. The van der Waals surface area contributed by atoms with Gasteiger partial charge in [0, 0.05) is 25.7 Å². The third-order valence-corrected chi connectivity index (χ3v) is 4.29. The van der Waals surface area contributed by atoms with Gasteiger partial charge in [-0.2, -0.15) is 0 Å². The van der Waals surface area contributed by atoms with E-state index in [1.165, 1.54) is 65.0 Å². The highest BCUT2D eigenvalue weighted by Crippen LogP contribution is 2.15. The first kappa shape index (κ1) is 13.3. The molecule has 2 rings (SSSR count). The smallest absolute Gasteiger partial charge is 0.0197 e. The van der Waals surface area contributed by atoms with Crippen LogP contribution in [0.3, 0.4) is 0 Å². The van der Waals surface area contributed by atoms with Crippen molar-refractivity contribution in [1.82, 2.24) is 15.1 Å². The van der Waals surface area contributed by atoms with Crippen LogP contribution in [0.15, 0.2) is 0 Å². The van der Waals surface area contributed by atoms with Gasteiger partial charge in [0.05, 0.1) is 0 Å². The molecule has 0 saturated carbocycles. The van der Waals surface area contributed by atoms with Gasteiger partial charge in [0.1, 0.15) is 0 Å². The Bertz CT molecular complexity index is 214. The average Bonchev–Trinajstić information content (AvgIpc) is 2.79. The summed E-state index contributed by atoms with van der Waals surface area (Å²) in [6.45, 7) is 9.96. The van der Waals surface area contributed by atoms with Gasteiger partial charge >= 0.3 is 0 Å². The van der Waals surface area contributed by atoms with Crippen molar-refractivity contribution >= 4 is 0 Å². The molecular formula is C14H29N3. The van der Waals surface area contributed by atoms with Gasteiger partial charge in [-0.3, -0.25) is 0 Å². The number of likely N-dealkylation sites (N-methyl/N-ethyl adjacent to an activating group) is 1. The Morgan fingerprint density at radius 1 is 1.29 bits per heavy atom. The molecule has 0 aromatic heterocycles. The van der Waals surface area contributed by atoms with Crippen LogP contribution in [0, 0.1) is 5.92 Å². The van der Waals surface area contributed by atoms with E-state index >= 15 is 0 Å². The molecule has 0 aromatic carbocycles. The number of hydrogen-bond acceptors (Lipinski definition) is 3. The summed E-state index contributed by atoms with van der Waals surface area (Å²) >= 11 is 0. The average molecular weight is 239 g/mol. The molecule has 2 atom stereocenters. The number of nitrogens with one attached hydrogen (secondary N) is 1. The first-order valence-electron chi connectivity index (χ1n) is 7.38. The quantitative estimate of drug-likeness (QED) is 0.782. The van der Waals surface area contributed by atoms with Crippen LogP contribution in [-0.2, 0) is 0 Å². The molecule has 2 aliphatic rings. The van der Waals surface area contributed by atoms with Crippen LogP contribution in [0.25, 0.3) is 0 Å². The third kappa shape index (κ3) is 4.57. The Balaban J connectivity index is 1.60. The highest BCUT2D eigenvalue weighted by atomic mass is 15.2. The summed E-state index contributed by atoms with van der Waals surface area (Å²) in [7, 11) is 2.27. The van der Waals surface area contributed by atoms with Gasteiger partial charge in [-0.05, 0) is 58.3 Å². The predicted octanol–water partition coefficient (Wildman–Crippen LogP) is 1.40. The minimum Gasteiger partial charge on any atom is -0.313 e. The van der Waals surface area contributed by atoms with Gasteiger partial charge in [-0.15, -0.1) is 0 Å². The summed E-state index contributed by atoms with van der Waals surface area (Å²) in [5, 5.41) is 3.65. The molecule has 2 aliphatic heterocycles. The molecule has 1 N–H and O–H groups in total. The van der Waals surface area contributed by atoms with E-state index in [0.717, 1.165) is 12.0 Å². The van der Waals surface area contributed by atoms with E-state index in [2.05, 4.69) is 29.1 Å². The lowest BCUT2D eigenvalue weighted by atomic mass is 9.94. The number of likely N-dealkylation sites (tertiary alicyclic amines) is 1. The van der Waals surface area contributed by atoms with Crippen LogP contribution in [-0.4, -0.2) is 62.2 Å². The fourth-order valence-electron chi connectivity index (χ4n) is 3.15. The van der Waals surface area contributed by atoms with Crippen LogP contribution >= 0.6 is 0 Å². The molecule has 17 heavy (non-hydrogen) atoms. The van der Waals surface area contributed by atoms with Crippen LogP contribution in [0.2, 0.25) is 0 Å². The fraction of sp³-hybridized carbons (Fsp3) is 1.00. The molecule has 3 nitrogen and oxygen atoms in total. The van der Waals surface area contributed by atoms with Crippen LogP contribution in [0.5, 0.6) is 0 Å². The summed E-state index contributed by atoms with van der Waals surface area (Å²) in [4.78, 5) is 5.11. The predicted molar refractivity (Wildman–Crippen MR) is 73.4 cm³/mol. The Morgan fingerprint density at radius 3 is 2.76 bits per heavy atom. The lowest BCUT2D eigenvalue weighted by Gasteiger charge is -2.32. The lowest BCUT2D eigenvalue weighted by molar-refractivity contribution is 0.211. The minimum atomic E-state index is 0.724. The van der Waals surface area contributed by atoms with Crippen molar-refractivity contribution in [2.75, 3.05) is 46.3 Å². The van der Waals surface area contributed by atoms with E-state index in [1.54, 1.807) is 0 Å². The Hall–Kier alpha value is -0.120. The highest BCUT2D eigenvalue weighted by Gasteiger charge is 2.19. The zero-order valence-corrected chi connectivity index (χ0v) is 11.6. The first-order chi connectivity index (χ1) is 8.24. The molecule has 0 bridgehead atoms. The van der Waals surface area contributed by atoms with E-state index in [-0.39, 0.29) is 0 Å². The maximum Gasteiger partial charge on any atom is 0.0197 e. The second-order valence-corrected chi connectivity index (χ2v) is 6.09. The molecule has 0 aromatic rings. The molecule has 100 valence electrons. The molecule has 0 amide bonds. The molecule has 3 heteroatoms. The van der Waals surface area contributed by atoms with E-state index in [1.807, 2.05) is 0 Å². The molecule has 0 aliphatic carbocycles. The summed E-state index contributed by atoms with van der Waals surface area (Å²) in [5.74, 6) is 0.910. The lowest BCUT2D eigenvalue weighted by Crippen LogP contribution is -2.45. The number of nitrogens with zero attached hydrogens (tertiary/aromatic N) is 2. The van der Waals surface area contributed by atoms with Gasteiger partial charge in [-0.1, -0.05) is 6.92 Å². The van der Waals surface area contributed by atoms with Crippen molar-refractivity contribution in [2.45, 2.75) is 38.6 Å². The van der Waals surface area contributed by atoms with Gasteiger partial charge in [-0.25, -0.2) is 0 Å². The van der Waals surface area contributed by atoms with Gasteiger partial charge in [0.15, 0.2) is 0 Å². The number of rotatable bonds is 5. The first-order valence-corrected chi connectivity index (χ1v) is 7.38. The second kappa shape index (κ2) is 6.72. The van der Waals surface area contributed by atoms with E-state index in [4.69, 9.17) is 0 Å². The summed E-state index contributed by atoms with van der Waals surface area (Å²) < 4.78 is 0. The van der Waals surface area contributed by atoms with Gasteiger partial charge in [0.25, 0.3) is 0 Å². The van der Waals surface area contributed by atoms with Crippen LogP contribution in [0.4, 0.5) is 0 Å². The van der Waals surface area contributed by atoms with E-state index in [0.29, 0.717) is 0 Å². The molecule has 0 spiro atoms. The standard InChI is InChI=1S/C14H29N3/c1-13-5-6-15-14(11-13)12-16(2)9-10-17-7-3-4-8-17/h13-15H,3-12H2,1-2H3. The topological polar surface area (TPSA) is 18.5 Å². The largest absolute Gasteiger partial charge is 0.313 e. The summed E-state index contributed by atoms with van der Waals surface area (Å²) in [6, 6.07) is 0.724. The van der Waals surface area contributed by atoms with Crippen LogP contribution < -0.4 is 5.32 Å². The second-order valence-electron chi connectivity index (χ2n) is 6.09. The van der Waals surface area contributed by atoms with Crippen LogP contribution in [0.1, 0.15) is 32.6 Å². The van der Waals surface area contributed by atoms with E-state index < -0.39 is 0 Å². The zero-order valence-electron chi connectivity index (χ0n) is 11.6. The molecule has 2 unspecified atom stereocenters. The molecule has 2 heterocycles. The molecule has 0 radical (unpaired) electrons.